The van der Waals surface area contributed by atoms with Crippen molar-refractivity contribution in [3.63, 3.8) is 0 Å². The molecule has 1 saturated heterocycles. The van der Waals surface area contributed by atoms with E-state index in [1.165, 1.54) is 12.0 Å². The molecule has 1 atom stereocenters. The number of methoxy groups -OCH3 is 1. The Bertz CT molecular complexity index is 755. The normalized spacial score (nSPS) is 16.4. The van der Waals surface area contributed by atoms with Crippen molar-refractivity contribution < 1.29 is 28.6 Å². The van der Waals surface area contributed by atoms with Gasteiger partial charge in [0, 0.05) is 25.8 Å². The number of nitrogens with one attached hydrogen (secondary N) is 1. The molecule has 0 saturated carbocycles. The molecule has 0 spiro atoms. The summed E-state index contributed by atoms with van der Waals surface area (Å²) in [6, 6.07) is 4.16. The molecule has 9 heteroatoms. The number of hydrogen-bond donors (Lipinski definition) is 1. The number of halogens is 1. The first kappa shape index (κ1) is 24.1. The molecule has 0 aromatic heterocycles. The van der Waals surface area contributed by atoms with E-state index in [0.29, 0.717) is 41.4 Å². The molecular formula is C21H29BrN2O6. The van der Waals surface area contributed by atoms with Crippen molar-refractivity contribution in [2.24, 2.45) is 5.92 Å². The monoisotopic (exact) mass is 484 g/mol. The Kier molecular flexibility index (Phi) is 9.58. The number of carbonyl (C=O) groups excluding carboxylic acids is 3. The zero-order valence-electron chi connectivity index (χ0n) is 17.6. The van der Waals surface area contributed by atoms with Gasteiger partial charge in [0.05, 0.1) is 24.1 Å². The molecule has 2 rings (SSSR count). The Morgan fingerprint density at radius 2 is 2.03 bits per heavy atom. The predicted octanol–water partition coefficient (Wildman–Crippen LogP) is 2.39. The van der Waals surface area contributed by atoms with Crippen molar-refractivity contribution >= 4 is 33.7 Å². The number of piperazine rings is 1. The summed E-state index contributed by atoms with van der Waals surface area (Å²) in [6.07, 6.45) is 0.719. The van der Waals surface area contributed by atoms with Gasteiger partial charge in [0.2, 0.25) is 5.91 Å². The second-order valence-corrected chi connectivity index (χ2v) is 8.25. The Hall–Kier alpha value is -2.13. The molecule has 0 aliphatic carbocycles. The summed E-state index contributed by atoms with van der Waals surface area (Å²) in [5, 5.41) is 2.70. The maximum atomic E-state index is 13.1. The number of benzene rings is 1. The van der Waals surface area contributed by atoms with Gasteiger partial charge in [0.1, 0.15) is 18.4 Å². The third kappa shape index (κ3) is 6.98. The summed E-state index contributed by atoms with van der Waals surface area (Å²) in [5.41, 5.74) is 0.408. The number of amides is 2. The minimum Gasteiger partial charge on any atom is -0.492 e. The van der Waals surface area contributed by atoms with Crippen molar-refractivity contribution in [2.75, 3.05) is 40.0 Å². The molecule has 1 aliphatic rings. The minimum atomic E-state index is -0.915. The maximum Gasteiger partial charge on any atom is 0.308 e. The molecule has 166 valence electrons. The lowest BCUT2D eigenvalue weighted by Crippen LogP contribution is -2.57. The van der Waals surface area contributed by atoms with E-state index in [1.54, 1.807) is 18.2 Å². The van der Waals surface area contributed by atoms with Gasteiger partial charge < -0.3 is 24.4 Å². The van der Waals surface area contributed by atoms with Gasteiger partial charge in [-0.05, 0) is 46.5 Å². The quantitative estimate of drug-likeness (QED) is 0.404. The summed E-state index contributed by atoms with van der Waals surface area (Å²) >= 11 is 3.45. The third-order valence-corrected chi connectivity index (χ3v) is 5.25. The van der Waals surface area contributed by atoms with E-state index in [2.05, 4.69) is 35.1 Å². The number of esters is 1. The molecule has 8 nitrogen and oxygen atoms in total. The van der Waals surface area contributed by atoms with Crippen LogP contribution >= 0.6 is 15.9 Å². The molecule has 1 heterocycles. The van der Waals surface area contributed by atoms with E-state index >= 15 is 0 Å². The highest BCUT2D eigenvalue weighted by Crippen LogP contribution is 2.27. The molecule has 1 unspecified atom stereocenters. The van der Waals surface area contributed by atoms with Gasteiger partial charge in [-0.25, -0.2) is 0 Å². The zero-order chi connectivity index (χ0) is 22.1. The number of ether oxygens (including phenoxy) is 3. The first-order valence-electron chi connectivity index (χ1n) is 9.99. The van der Waals surface area contributed by atoms with Crippen LogP contribution in [0.25, 0.3) is 0 Å². The highest BCUT2D eigenvalue weighted by molar-refractivity contribution is 9.10. The highest BCUT2D eigenvalue weighted by Gasteiger charge is 2.35. The van der Waals surface area contributed by atoms with Gasteiger partial charge >= 0.3 is 5.97 Å². The summed E-state index contributed by atoms with van der Waals surface area (Å²) < 4.78 is 16.3. The molecule has 30 heavy (non-hydrogen) atoms. The van der Waals surface area contributed by atoms with Crippen LogP contribution in [0.4, 0.5) is 0 Å². The molecular weight excluding hydrogens is 456 g/mol. The lowest BCUT2D eigenvalue weighted by Gasteiger charge is -2.34. The standard InChI is InChI=1S/C21H29BrN2O6/c1-14(2)6-9-29-18-5-4-15(12-16(18)22)21(27)24-8-7-23-20(26)17(24)13-19(25)30-11-10-28-3/h4-5,12,14,17H,6-11,13H2,1-3H3,(H,23,26). The minimum absolute atomic E-state index is 0.100. The Labute approximate surface area is 185 Å². The van der Waals surface area contributed by atoms with E-state index in [1.807, 2.05) is 0 Å². The molecule has 2 amide bonds. The van der Waals surface area contributed by atoms with Crippen LogP contribution in [0.1, 0.15) is 37.0 Å². The second kappa shape index (κ2) is 11.9. The first-order chi connectivity index (χ1) is 14.3. The van der Waals surface area contributed by atoms with E-state index in [4.69, 9.17) is 14.2 Å². The van der Waals surface area contributed by atoms with Crippen LogP contribution in [0.15, 0.2) is 22.7 Å². The number of hydrogen-bond acceptors (Lipinski definition) is 6. The highest BCUT2D eigenvalue weighted by atomic mass is 79.9. The van der Waals surface area contributed by atoms with Crippen molar-refractivity contribution in [3.05, 3.63) is 28.2 Å². The largest absolute Gasteiger partial charge is 0.492 e. The summed E-state index contributed by atoms with van der Waals surface area (Å²) in [5.74, 6) is -0.0585. The lowest BCUT2D eigenvalue weighted by atomic mass is 10.1. The number of nitrogens with zero attached hydrogens (tertiary/aromatic N) is 1. The second-order valence-electron chi connectivity index (χ2n) is 7.40. The van der Waals surface area contributed by atoms with Gasteiger partial charge in [-0.15, -0.1) is 0 Å². The number of rotatable bonds is 10. The van der Waals surface area contributed by atoms with Crippen LogP contribution in [0.5, 0.6) is 5.75 Å². The number of carbonyl (C=O) groups is 3. The van der Waals surface area contributed by atoms with E-state index in [9.17, 15) is 14.4 Å². The SMILES string of the molecule is COCCOC(=O)CC1C(=O)NCCN1C(=O)c1ccc(OCCC(C)C)c(Br)c1. The van der Waals surface area contributed by atoms with Crippen LogP contribution in [-0.4, -0.2) is 68.7 Å². The van der Waals surface area contributed by atoms with E-state index in [0.717, 1.165) is 6.42 Å². The molecule has 0 bridgehead atoms. The smallest absolute Gasteiger partial charge is 0.308 e. The third-order valence-electron chi connectivity index (χ3n) is 4.63. The Balaban J connectivity index is 2.07. The van der Waals surface area contributed by atoms with Crippen LogP contribution in [0, 0.1) is 5.92 Å². The van der Waals surface area contributed by atoms with Crippen LogP contribution in [0.3, 0.4) is 0 Å². The average molecular weight is 485 g/mol. The van der Waals surface area contributed by atoms with Crippen LogP contribution in [-0.2, 0) is 19.1 Å². The first-order valence-corrected chi connectivity index (χ1v) is 10.8. The fourth-order valence-corrected chi connectivity index (χ4v) is 3.43. The summed E-state index contributed by atoms with van der Waals surface area (Å²) in [4.78, 5) is 38.9. The van der Waals surface area contributed by atoms with Gasteiger partial charge in [0.15, 0.2) is 0 Å². The van der Waals surface area contributed by atoms with E-state index in [-0.39, 0.29) is 31.4 Å². The van der Waals surface area contributed by atoms with Gasteiger partial charge in [-0.1, -0.05) is 13.8 Å². The van der Waals surface area contributed by atoms with Crippen molar-refractivity contribution in [1.29, 1.82) is 0 Å². The van der Waals surface area contributed by atoms with E-state index < -0.39 is 12.0 Å². The van der Waals surface area contributed by atoms with Crippen LogP contribution in [0.2, 0.25) is 0 Å². The average Bonchev–Trinajstić information content (AvgIpc) is 2.70. The maximum absolute atomic E-state index is 13.1. The summed E-state index contributed by atoms with van der Waals surface area (Å²) in [7, 11) is 1.50. The topological polar surface area (TPSA) is 94.2 Å². The molecule has 1 fully saturated rings. The Morgan fingerprint density at radius 3 is 2.70 bits per heavy atom. The van der Waals surface area contributed by atoms with Crippen molar-refractivity contribution in [2.45, 2.75) is 32.7 Å². The fraction of sp³-hybridized carbons (Fsp3) is 0.571. The van der Waals surface area contributed by atoms with Crippen LogP contribution < -0.4 is 10.1 Å². The van der Waals surface area contributed by atoms with Gasteiger partial charge in [-0.2, -0.15) is 0 Å². The zero-order valence-corrected chi connectivity index (χ0v) is 19.2. The lowest BCUT2D eigenvalue weighted by molar-refractivity contribution is -0.148. The Morgan fingerprint density at radius 1 is 1.27 bits per heavy atom. The molecule has 0 radical (unpaired) electrons. The molecule has 1 aromatic rings. The molecule has 1 aromatic carbocycles. The predicted molar refractivity (Wildman–Crippen MR) is 114 cm³/mol. The summed E-state index contributed by atoms with van der Waals surface area (Å²) in [6.45, 7) is 5.84. The molecule has 1 N–H and O–H groups in total. The van der Waals surface area contributed by atoms with Gasteiger partial charge in [-0.3, -0.25) is 14.4 Å². The fourth-order valence-electron chi connectivity index (χ4n) is 2.94. The van der Waals surface area contributed by atoms with Crippen molar-refractivity contribution in [1.82, 2.24) is 10.2 Å². The van der Waals surface area contributed by atoms with Crippen molar-refractivity contribution in [3.8, 4) is 5.75 Å². The van der Waals surface area contributed by atoms with Gasteiger partial charge in [0.25, 0.3) is 5.91 Å². The molecule has 1 aliphatic heterocycles.